The third-order valence-corrected chi connectivity index (χ3v) is 3.76. The third kappa shape index (κ3) is 2.70. The van der Waals surface area contributed by atoms with E-state index in [0.29, 0.717) is 18.3 Å². The Morgan fingerprint density at radius 1 is 1.50 bits per heavy atom. The van der Waals surface area contributed by atoms with Gasteiger partial charge in [-0.15, -0.1) is 0 Å². The summed E-state index contributed by atoms with van der Waals surface area (Å²) < 4.78 is 10.9. The van der Waals surface area contributed by atoms with Gasteiger partial charge in [0, 0.05) is 26.3 Å². The number of carboxylic acids is 1. The SMILES string of the molecule is COC1CN(c2cnc(C(=O)O)c(OCC3CC3)c2)C1. The lowest BCUT2D eigenvalue weighted by molar-refractivity contribution is 0.0684. The molecule has 108 valence electrons. The molecule has 1 aromatic rings. The number of carbonyl (C=O) groups is 1. The van der Waals surface area contributed by atoms with Gasteiger partial charge in [-0.3, -0.25) is 0 Å². The molecule has 1 aliphatic heterocycles. The molecule has 6 heteroatoms. The van der Waals surface area contributed by atoms with Crippen LogP contribution in [0.3, 0.4) is 0 Å². The Balaban J connectivity index is 1.74. The van der Waals surface area contributed by atoms with E-state index in [-0.39, 0.29) is 11.8 Å². The molecule has 0 unspecified atom stereocenters. The Bertz CT molecular complexity index is 510. The molecule has 1 saturated carbocycles. The lowest BCUT2D eigenvalue weighted by atomic mass is 10.1. The van der Waals surface area contributed by atoms with Crippen molar-refractivity contribution in [3.05, 3.63) is 18.0 Å². The van der Waals surface area contributed by atoms with Crippen molar-refractivity contribution in [3.63, 3.8) is 0 Å². The Hall–Kier alpha value is -1.82. The van der Waals surface area contributed by atoms with Crippen LogP contribution in [0.25, 0.3) is 0 Å². The first kappa shape index (κ1) is 13.2. The summed E-state index contributed by atoms with van der Waals surface area (Å²) in [6, 6.07) is 1.77. The smallest absolute Gasteiger partial charge is 0.358 e. The molecule has 0 aromatic carbocycles. The summed E-state index contributed by atoms with van der Waals surface area (Å²) in [5.74, 6) is -0.120. The molecular weight excluding hydrogens is 260 g/mol. The van der Waals surface area contributed by atoms with E-state index in [1.165, 1.54) is 0 Å². The first-order chi connectivity index (χ1) is 9.67. The van der Waals surface area contributed by atoms with E-state index >= 15 is 0 Å². The molecule has 1 aromatic heterocycles. The van der Waals surface area contributed by atoms with Crippen LogP contribution in [-0.2, 0) is 4.74 Å². The van der Waals surface area contributed by atoms with E-state index < -0.39 is 5.97 Å². The zero-order valence-electron chi connectivity index (χ0n) is 11.4. The third-order valence-electron chi connectivity index (χ3n) is 3.76. The molecule has 0 spiro atoms. The Labute approximate surface area is 117 Å². The molecule has 0 atom stereocenters. The fourth-order valence-electron chi connectivity index (χ4n) is 2.17. The fourth-order valence-corrected chi connectivity index (χ4v) is 2.17. The van der Waals surface area contributed by atoms with Crippen molar-refractivity contribution in [2.24, 2.45) is 5.92 Å². The second kappa shape index (κ2) is 5.28. The number of carboxylic acid groups (broad SMARTS) is 1. The van der Waals surface area contributed by atoms with Crippen LogP contribution in [0.1, 0.15) is 23.3 Å². The zero-order chi connectivity index (χ0) is 14.1. The lowest BCUT2D eigenvalue weighted by Gasteiger charge is -2.39. The maximum absolute atomic E-state index is 11.2. The minimum atomic E-state index is -1.05. The second-order valence-corrected chi connectivity index (χ2v) is 5.36. The van der Waals surface area contributed by atoms with Crippen LogP contribution in [0, 0.1) is 5.92 Å². The van der Waals surface area contributed by atoms with Crippen LogP contribution in [0.15, 0.2) is 12.3 Å². The van der Waals surface area contributed by atoms with Crippen molar-refractivity contribution >= 4 is 11.7 Å². The maximum Gasteiger partial charge on any atom is 0.358 e. The normalized spacial score (nSPS) is 18.8. The Morgan fingerprint density at radius 2 is 2.25 bits per heavy atom. The monoisotopic (exact) mass is 278 g/mol. The number of methoxy groups -OCH3 is 1. The van der Waals surface area contributed by atoms with Gasteiger partial charge in [0.25, 0.3) is 0 Å². The summed E-state index contributed by atoms with van der Waals surface area (Å²) in [6.45, 7) is 2.17. The molecule has 1 saturated heterocycles. The van der Waals surface area contributed by atoms with Gasteiger partial charge in [-0.1, -0.05) is 0 Å². The van der Waals surface area contributed by atoms with E-state index in [1.54, 1.807) is 19.4 Å². The molecule has 3 rings (SSSR count). The van der Waals surface area contributed by atoms with Crippen LogP contribution in [0.2, 0.25) is 0 Å². The number of hydrogen-bond donors (Lipinski definition) is 1. The number of aromatic carboxylic acids is 1. The van der Waals surface area contributed by atoms with Gasteiger partial charge in [0.15, 0.2) is 11.4 Å². The molecule has 1 aliphatic carbocycles. The van der Waals surface area contributed by atoms with Crippen molar-refractivity contribution in [1.82, 2.24) is 4.98 Å². The summed E-state index contributed by atoms with van der Waals surface area (Å²) >= 11 is 0. The molecule has 2 aliphatic rings. The van der Waals surface area contributed by atoms with E-state index in [1.807, 2.05) is 0 Å². The van der Waals surface area contributed by atoms with E-state index in [4.69, 9.17) is 14.6 Å². The number of pyridine rings is 1. The quantitative estimate of drug-likeness (QED) is 0.848. The van der Waals surface area contributed by atoms with Crippen molar-refractivity contribution in [2.45, 2.75) is 18.9 Å². The zero-order valence-corrected chi connectivity index (χ0v) is 11.4. The highest BCUT2D eigenvalue weighted by atomic mass is 16.5. The van der Waals surface area contributed by atoms with E-state index in [0.717, 1.165) is 31.6 Å². The van der Waals surface area contributed by atoms with Crippen LogP contribution >= 0.6 is 0 Å². The van der Waals surface area contributed by atoms with Gasteiger partial charge in [0.05, 0.1) is 24.6 Å². The van der Waals surface area contributed by atoms with E-state index in [2.05, 4.69) is 9.88 Å². The average Bonchev–Trinajstić information content (AvgIpc) is 3.19. The topological polar surface area (TPSA) is 71.9 Å². The molecule has 2 fully saturated rings. The van der Waals surface area contributed by atoms with Crippen molar-refractivity contribution < 1.29 is 19.4 Å². The number of hydrogen-bond acceptors (Lipinski definition) is 5. The fraction of sp³-hybridized carbons (Fsp3) is 0.571. The Morgan fingerprint density at radius 3 is 2.85 bits per heavy atom. The predicted octanol–water partition coefficient (Wildman–Crippen LogP) is 1.40. The first-order valence-electron chi connectivity index (χ1n) is 6.81. The highest BCUT2D eigenvalue weighted by molar-refractivity contribution is 5.89. The van der Waals surface area contributed by atoms with Crippen LogP contribution in [-0.4, -0.2) is 49.0 Å². The largest absolute Gasteiger partial charge is 0.491 e. The van der Waals surface area contributed by atoms with Gasteiger partial charge < -0.3 is 19.5 Å². The lowest BCUT2D eigenvalue weighted by Crippen LogP contribution is -2.51. The number of anilines is 1. The molecule has 6 nitrogen and oxygen atoms in total. The number of aromatic nitrogens is 1. The van der Waals surface area contributed by atoms with Crippen LogP contribution < -0.4 is 9.64 Å². The van der Waals surface area contributed by atoms with Gasteiger partial charge >= 0.3 is 5.97 Å². The van der Waals surface area contributed by atoms with Gasteiger partial charge in [-0.05, 0) is 18.8 Å². The minimum absolute atomic E-state index is 0.0155. The molecule has 1 N–H and O–H groups in total. The summed E-state index contributed by atoms with van der Waals surface area (Å²) in [5.41, 5.74) is 0.868. The number of nitrogens with zero attached hydrogens (tertiary/aromatic N) is 2. The Kier molecular flexibility index (Phi) is 3.48. The average molecular weight is 278 g/mol. The first-order valence-corrected chi connectivity index (χ1v) is 6.81. The molecule has 2 heterocycles. The summed E-state index contributed by atoms with van der Waals surface area (Å²) in [6.07, 6.45) is 4.15. The molecule has 20 heavy (non-hydrogen) atoms. The van der Waals surface area contributed by atoms with Gasteiger partial charge in [0.1, 0.15) is 0 Å². The highest BCUT2D eigenvalue weighted by Gasteiger charge is 2.28. The van der Waals surface area contributed by atoms with Gasteiger partial charge in [-0.25, -0.2) is 9.78 Å². The van der Waals surface area contributed by atoms with Gasteiger partial charge in [0.2, 0.25) is 0 Å². The maximum atomic E-state index is 11.2. The van der Waals surface area contributed by atoms with Crippen molar-refractivity contribution in [1.29, 1.82) is 0 Å². The minimum Gasteiger partial charge on any atom is -0.491 e. The molecule has 0 radical (unpaired) electrons. The van der Waals surface area contributed by atoms with Gasteiger partial charge in [-0.2, -0.15) is 0 Å². The summed E-state index contributed by atoms with van der Waals surface area (Å²) in [5, 5.41) is 9.15. The standard InChI is InChI=1S/C14H18N2O4/c1-19-11-6-16(7-11)10-4-12(20-8-9-2-3-9)13(14(17)18)15-5-10/h4-5,9,11H,2-3,6-8H2,1H3,(H,17,18). The second-order valence-electron chi connectivity index (χ2n) is 5.36. The van der Waals surface area contributed by atoms with Crippen molar-refractivity contribution in [2.75, 3.05) is 31.7 Å². The van der Waals surface area contributed by atoms with E-state index in [9.17, 15) is 4.79 Å². The molecule has 0 bridgehead atoms. The number of ether oxygens (including phenoxy) is 2. The number of rotatable bonds is 6. The highest BCUT2D eigenvalue weighted by Crippen LogP contribution is 2.32. The van der Waals surface area contributed by atoms with Crippen molar-refractivity contribution in [3.8, 4) is 5.75 Å². The van der Waals surface area contributed by atoms with Crippen LogP contribution in [0.5, 0.6) is 5.75 Å². The molecule has 0 amide bonds. The molecular formula is C14H18N2O4. The summed E-state index contributed by atoms with van der Waals surface area (Å²) in [4.78, 5) is 17.3. The predicted molar refractivity (Wildman–Crippen MR) is 72.4 cm³/mol. The summed E-state index contributed by atoms with van der Waals surface area (Å²) in [7, 11) is 1.69. The van der Waals surface area contributed by atoms with Crippen LogP contribution in [0.4, 0.5) is 5.69 Å².